The maximum atomic E-state index is 11.4. The second kappa shape index (κ2) is 11.2. The summed E-state index contributed by atoms with van der Waals surface area (Å²) in [6.07, 6.45) is 4.94. The van der Waals surface area contributed by atoms with Crippen molar-refractivity contribution >= 4 is 17.7 Å². The molecule has 0 saturated heterocycles. The topological polar surface area (TPSA) is 118 Å². The van der Waals surface area contributed by atoms with Gasteiger partial charge in [-0.05, 0) is 25.0 Å². The van der Waals surface area contributed by atoms with E-state index in [0.29, 0.717) is 0 Å². The summed E-state index contributed by atoms with van der Waals surface area (Å²) in [7, 11) is 1.25. The Labute approximate surface area is 122 Å². The van der Waals surface area contributed by atoms with Crippen LogP contribution in [0.4, 0.5) is 0 Å². The molecule has 0 N–H and O–H groups in total. The highest BCUT2D eigenvalue weighted by atomic mass is 16.5. The maximum Gasteiger partial charge on any atom is 0.330 e. The second-order valence-corrected chi connectivity index (χ2v) is 3.92. The Hall–Kier alpha value is -2.60. The molecule has 0 saturated carbocycles. The maximum absolute atomic E-state index is 11.4. The zero-order chi connectivity index (χ0) is 16.1. The molecule has 0 aliphatic rings. The number of hydrogen-bond donors (Lipinski definition) is 0. The minimum atomic E-state index is -0.657. The van der Waals surface area contributed by atoms with Gasteiger partial charge in [0.15, 0.2) is 0 Å². The SMILES string of the molecule is COC(=O)/C=C/C=C/[C@@H](CCN=[N+]=[N-])OC(=O)CC(C)=O. The number of rotatable bonds is 9. The van der Waals surface area contributed by atoms with E-state index in [-0.39, 0.29) is 25.2 Å². The van der Waals surface area contributed by atoms with Crippen LogP contribution >= 0.6 is 0 Å². The molecule has 0 fully saturated rings. The summed E-state index contributed by atoms with van der Waals surface area (Å²) in [5, 5.41) is 3.35. The molecule has 0 rings (SSSR count). The Morgan fingerprint density at radius 2 is 2.05 bits per heavy atom. The quantitative estimate of drug-likeness (QED) is 0.122. The zero-order valence-electron chi connectivity index (χ0n) is 11.9. The summed E-state index contributed by atoms with van der Waals surface area (Å²) >= 11 is 0. The third-order valence-electron chi connectivity index (χ3n) is 2.12. The number of ketones is 1. The van der Waals surface area contributed by atoms with Crippen molar-refractivity contribution in [2.45, 2.75) is 25.9 Å². The monoisotopic (exact) mass is 295 g/mol. The van der Waals surface area contributed by atoms with Crippen LogP contribution in [-0.4, -0.2) is 37.5 Å². The summed E-state index contributed by atoms with van der Waals surface area (Å²) in [5.41, 5.74) is 8.21. The summed E-state index contributed by atoms with van der Waals surface area (Å²) in [5.74, 6) is -1.47. The Kier molecular flexibility index (Phi) is 9.85. The Balaban J connectivity index is 4.57. The van der Waals surface area contributed by atoms with Crippen molar-refractivity contribution in [1.29, 1.82) is 0 Å². The molecule has 0 heterocycles. The van der Waals surface area contributed by atoms with E-state index < -0.39 is 18.0 Å². The second-order valence-electron chi connectivity index (χ2n) is 3.92. The van der Waals surface area contributed by atoms with Crippen LogP contribution in [0.25, 0.3) is 10.4 Å². The fraction of sp³-hybridized carbons (Fsp3) is 0.462. The highest BCUT2D eigenvalue weighted by molar-refractivity contribution is 5.94. The van der Waals surface area contributed by atoms with Crippen molar-refractivity contribution in [3.8, 4) is 0 Å². The lowest BCUT2D eigenvalue weighted by atomic mass is 10.2. The van der Waals surface area contributed by atoms with Gasteiger partial charge in [-0.25, -0.2) is 4.79 Å². The van der Waals surface area contributed by atoms with Crippen molar-refractivity contribution in [2.75, 3.05) is 13.7 Å². The van der Waals surface area contributed by atoms with E-state index in [2.05, 4.69) is 14.8 Å². The predicted octanol–water partition coefficient (Wildman–Crippen LogP) is 1.86. The highest BCUT2D eigenvalue weighted by Crippen LogP contribution is 2.04. The van der Waals surface area contributed by atoms with Gasteiger partial charge in [0.2, 0.25) is 0 Å². The molecule has 0 aliphatic carbocycles. The Morgan fingerprint density at radius 1 is 1.33 bits per heavy atom. The Bertz CT molecular complexity index is 478. The summed E-state index contributed by atoms with van der Waals surface area (Å²) < 4.78 is 9.47. The zero-order valence-corrected chi connectivity index (χ0v) is 11.9. The number of carbonyl (C=O) groups excluding carboxylic acids is 3. The van der Waals surface area contributed by atoms with Gasteiger partial charge in [0.1, 0.15) is 18.3 Å². The normalized spacial score (nSPS) is 11.9. The molecule has 0 aromatic heterocycles. The van der Waals surface area contributed by atoms with Crippen LogP contribution < -0.4 is 0 Å². The molecule has 0 aliphatic heterocycles. The lowest BCUT2D eigenvalue weighted by Crippen LogP contribution is -2.18. The number of azide groups is 1. The van der Waals surface area contributed by atoms with E-state index in [1.807, 2.05) is 0 Å². The van der Waals surface area contributed by atoms with Crippen LogP contribution in [0.3, 0.4) is 0 Å². The molecule has 114 valence electrons. The number of methoxy groups -OCH3 is 1. The molecule has 1 atom stereocenters. The molecule has 0 radical (unpaired) electrons. The van der Waals surface area contributed by atoms with Gasteiger partial charge in [0.25, 0.3) is 0 Å². The van der Waals surface area contributed by atoms with Crippen LogP contribution in [0.1, 0.15) is 19.8 Å². The molecular formula is C13H17N3O5. The molecule has 0 amide bonds. The van der Waals surface area contributed by atoms with Crippen molar-refractivity contribution in [3.05, 3.63) is 34.7 Å². The van der Waals surface area contributed by atoms with Crippen molar-refractivity contribution < 1.29 is 23.9 Å². The average Bonchev–Trinajstić information content (AvgIpc) is 2.42. The lowest BCUT2D eigenvalue weighted by molar-refractivity contribution is -0.148. The molecule has 0 spiro atoms. The van der Waals surface area contributed by atoms with Gasteiger partial charge in [-0.1, -0.05) is 17.3 Å². The van der Waals surface area contributed by atoms with Crippen LogP contribution in [0.2, 0.25) is 0 Å². The molecular weight excluding hydrogens is 278 g/mol. The van der Waals surface area contributed by atoms with E-state index in [4.69, 9.17) is 10.3 Å². The van der Waals surface area contributed by atoms with E-state index >= 15 is 0 Å². The molecule has 8 nitrogen and oxygen atoms in total. The first-order valence-corrected chi connectivity index (χ1v) is 6.12. The first kappa shape index (κ1) is 18.4. The molecule has 8 heteroatoms. The highest BCUT2D eigenvalue weighted by Gasteiger charge is 2.12. The van der Waals surface area contributed by atoms with E-state index in [0.717, 1.165) is 0 Å². The third-order valence-corrected chi connectivity index (χ3v) is 2.12. The number of Topliss-reactive ketones (excluding diaryl/α,β-unsaturated/α-hetero) is 1. The largest absolute Gasteiger partial charge is 0.466 e. The van der Waals surface area contributed by atoms with Gasteiger partial charge in [-0.2, -0.15) is 0 Å². The summed E-state index contributed by atoms with van der Waals surface area (Å²) in [4.78, 5) is 35.7. The van der Waals surface area contributed by atoms with Crippen LogP contribution in [0.15, 0.2) is 29.4 Å². The first-order chi connectivity index (χ1) is 9.99. The van der Waals surface area contributed by atoms with Crippen LogP contribution in [0.5, 0.6) is 0 Å². The first-order valence-electron chi connectivity index (χ1n) is 6.12. The number of nitrogens with zero attached hydrogens (tertiary/aromatic N) is 3. The van der Waals surface area contributed by atoms with Crippen LogP contribution in [0, 0.1) is 0 Å². The smallest absolute Gasteiger partial charge is 0.330 e. The molecule has 0 unspecified atom stereocenters. The number of esters is 2. The number of carbonyl (C=O) groups is 3. The standard InChI is InChI=1S/C13H17N3O5/c1-10(17)9-13(19)21-11(7-8-15-16-14)5-3-4-6-12(18)20-2/h3-6,11H,7-9H2,1-2H3/b5-3+,6-4+/t11-/m0/s1. The fourth-order valence-corrected chi connectivity index (χ4v) is 1.23. The van der Waals surface area contributed by atoms with Gasteiger partial charge in [-0.3, -0.25) is 9.59 Å². The third kappa shape index (κ3) is 11.0. The minimum absolute atomic E-state index is 0.138. The number of allylic oxidation sites excluding steroid dienone is 2. The van der Waals surface area contributed by atoms with E-state index in [1.165, 1.54) is 38.3 Å². The molecule has 0 bridgehead atoms. The number of hydrogen-bond acceptors (Lipinski definition) is 6. The fourth-order valence-electron chi connectivity index (χ4n) is 1.23. The van der Waals surface area contributed by atoms with Crippen molar-refractivity contribution in [3.63, 3.8) is 0 Å². The van der Waals surface area contributed by atoms with Gasteiger partial charge in [-0.15, -0.1) is 0 Å². The van der Waals surface area contributed by atoms with Gasteiger partial charge >= 0.3 is 11.9 Å². The molecule has 0 aromatic carbocycles. The Morgan fingerprint density at radius 3 is 2.62 bits per heavy atom. The lowest BCUT2D eigenvalue weighted by Gasteiger charge is -2.12. The predicted molar refractivity (Wildman–Crippen MR) is 74.1 cm³/mol. The summed E-state index contributed by atoms with van der Waals surface area (Å²) in [6.45, 7) is 1.42. The van der Waals surface area contributed by atoms with E-state index in [1.54, 1.807) is 0 Å². The van der Waals surface area contributed by atoms with Gasteiger partial charge < -0.3 is 9.47 Å². The van der Waals surface area contributed by atoms with E-state index in [9.17, 15) is 14.4 Å². The van der Waals surface area contributed by atoms with Gasteiger partial charge in [0, 0.05) is 17.5 Å². The summed E-state index contributed by atoms with van der Waals surface area (Å²) in [6, 6.07) is 0. The van der Waals surface area contributed by atoms with Crippen molar-refractivity contribution in [1.82, 2.24) is 0 Å². The van der Waals surface area contributed by atoms with Gasteiger partial charge in [0.05, 0.1) is 7.11 Å². The van der Waals surface area contributed by atoms with Crippen LogP contribution in [-0.2, 0) is 23.9 Å². The number of ether oxygens (including phenoxy) is 2. The molecule has 0 aromatic rings. The average molecular weight is 295 g/mol. The minimum Gasteiger partial charge on any atom is -0.466 e. The van der Waals surface area contributed by atoms with Crippen molar-refractivity contribution in [2.24, 2.45) is 5.11 Å². The molecule has 21 heavy (non-hydrogen) atoms.